The highest BCUT2D eigenvalue weighted by molar-refractivity contribution is 7.93. The van der Waals surface area contributed by atoms with E-state index in [0.29, 0.717) is 10.7 Å². The molecule has 0 aromatic heterocycles. The third-order valence-corrected chi connectivity index (χ3v) is 5.52. The van der Waals surface area contributed by atoms with E-state index in [-0.39, 0.29) is 14.9 Å². The molecule has 0 bridgehead atoms. The van der Waals surface area contributed by atoms with Crippen LogP contribution in [-0.2, 0) is 10.0 Å². The maximum atomic E-state index is 12.4. The van der Waals surface area contributed by atoms with Gasteiger partial charge in [0.1, 0.15) is 4.90 Å². The van der Waals surface area contributed by atoms with Crippen molar-refractivity contribution in [1.29, 1.82) is 0 Å². The number of allylic oxidation sites excluding steroid dienone is 1. The van der Waals surface area contributed by atoms with Crippen molar-refractivity contribution in [3.8, 4) is 0 Å². The highest BCUT2D eigenvalue weighted by atomic mass is 35.5. The molecule has 0 saturated heterocycles. The largest absolute Gasteiger partial charge is 0.279 e. The lowest BCUT2D eigenvalue weighted by Crippen LogP contribution is -2.14. The monoisotopic (exact) mass is 375 g/mol. The third kappa shape index (κ3) is 3.58. The lowest BCUT2D eigenvalue weighted by molar-refractivity contribution is 0.601. The van der Waals surface area contributed by atoms with Gasteiger partial charge in [0.15, 0.2) is 0 Å². The Labute approximate surface area is 144 Å². The first-order valence-corrected chi connectivity index (χ1v) is 8.76. The van der Waals surface area contributed by atoms with Crippen molar-refractivity contribution in [2.24, 2.45) is 0 Å². The number of halogens is 3. The standard InChI is InChI=1S/C15H12Cl3NO2S/c1-9(2)11-7-6-10(8-14(11)18)19-22(20,21)15-12(16)4-3-5-13(15)17/h3-8,19H,1H2,2H3. The normalized spacial score (nSPS) is 11.3. The van der Waals surface area contributed by atoms with E-state index in [1.54, 1.807) is 18.2 Å². The highest BCUT2D eigenvalue weighted by Gasteiger charge is 2.21. The van der Waals surface area contributed by atoms with Crippen LogP contribution in [0.2, 0.25) is 15.1 Å². The molecule has 0 aliphatic rings. The number of nitrogens with one attached hydrogen (secondary N) is 1. The summed E-state index contributed by atoms with van der Waals surface area (Å²) in [5.41, 5.74) is 1.85. The minimum Gasteiger partial charge on any atom is -0.279 e. The molecule has 0 unspecified atom stereocenters. The van der Waals surface area contributed by atoms with Crippen LogP contribution in [0.15, 0.2) is 47.9 Å². The molecule has 0 radical (unpaired) electrons. The van der Waals surface area contributed by atoms with Gasteiger partial charge in [-0.2, -0.15) is 0 Å². The number of benzene rings is 2. The first-order valence-electron chi connectivity index (χ1n) is 6.14. The summed E-state index contributed by atoms with van der Waals surface area (Å²) in [5.74, 6) is 0. The zero-order valence-corrected chi connectivity index (χ0v) is 14.6. The van der Waals surface area contributed by atoms with Gasteiger partial charge in [0.2, 0.25) is 0 Å². The van der Waals surface area contributed by atoms with E-state index in [1.165, 1.54) is 18.2 Å². The fourth-order valence-corrected chi connectivity index (χ4v) is 4.41. The Hall–Kier alpha value is -1.20. The molecular weight excluding hydrogens is 365 g/mol. The molecule has 2 aromatic rings. The summed E-state index contributed by atoms with van der Waals surface area (Å²) in [5, 5.41) is 0.493. The van der Waals surface area contributed by atoms with Crippen molar-refractivity contribution in [3.63, 3.8) is 0 Å². The van der Waals surface area contributed by atoms with Crippen molar-refractivity contribution in [2.45, 2.75) is 11.8 Å². The Balaban J connectivity index is 2.42. The molecule has 0 aliphatic heterocycles. The minimum absolute atomic E-state index is 0.0460. The van der Waals surface area contributed by atoms with Crippen molar-refractivity contribution in [3.05, 3.63) is 63.6 Å². The van der Waals surface area contributed by atoms with Gasteiger partial charge in [0.25, 0.3) is 10.0 Å². The topological polar surface area (TPSA) is 46.2 Å². The Bertz CT molecular complexity index is 828. The number of sulfonamides is 1. The molecule has 2 rings (SSSR count). The van der Waals surface area contributed by atoms with Gasteiger partial charge in [0.05, 0.1) is 20.8 Å². The second-order valence-corrected chi connectivity index (χ2v) is 7.47. The third-order valence-electron chi connectivity index (χ3n) is 2.87. The molecule has 0 atom stereocenters. The summed E-state index contributed by atoms with van der Waals surface area (Å²) in [4.78, 5) is -0.168. The molecule has 3 nitrogen and oxygen atoms in total. The molecule has 0 fully saturated rings. The van der Waals surface area contributed by atoms with E-state index < -0.39 is 10.0 Å². The van der Waals surface area contributed by atoms with Crippen LogP contribution in [0.5, 0.6) is 0 Å². The molecule has 0 aliphatic carbocycles. The second-order valence-electron chi connectivity index (χ2n) is 4.63. The summed E-state index contributed by atoms with van der Waals surface area (Å²) in [6, 6.07) is 9.28. The van der Waals surface area contributed by atoms with Gasteiger partial charge in [-0.05, 0) is 42.3 Å². The van der Waals surface area contributed by atoms with E-state index in [2.05, 4.69) is 11.3 Å². The molecule has 22 heavy (non-hydrogen) atoms. The summed E-state index contributed by atoms with van der Waals surface area (Å²) in [7, 11) is -3.92. The Morgan fingerprint density at radius 1 is 1.05 bits per heavy atom. The molecule has 2 aromatic carbocycles. The minimum atomic E-state index is -3.92. The SMILES string of the molecule is C=C(C)c1ccc(NS(=O)(=O)c2c(Cl)cccc2Cl)cc1Cl. The fourth-order valence-electron chi connectivity index (χ4n) is 1.87. The van der Waals surface area contributed by atoms with Crippen LogP contribution < -0.4 is 4.72 Å². The first-order chi connectivity index (χ1) is 10.2. The summed E-state index contributed by atoms with van der Waals surface area (Å²) < 4.78 is 27.3. The average molecular weight is 377 g/mol. The smallest absolute Gasteiger partial charge is 0.264 e. The van der Waals surface area contributed by atoms with Crippen molar-refractivity contribution >= 4 is 56.1 Å². The molecular formula is C15H12Cl3NO2S. The van der Waals surface area contributed by atoms with Crippen LogP contribution >= 0.6 is 34.8 Å². The lowest BCUT2D eigenvalue weighted by Gasteiger charge is -2.12. The van der Waals surface area contributed by atoms with Gasteiger partial charge < -0.3 is 0 Å². The molecule has 0 saturated carbocycles. The zero-order chi connectivity index (χ0) is 16.5. The predicted octanol–water partition coefficient (Wildman–Crippen LogP) is 5.48. The average Bonchev–Trinajstić information content (AvgIpc) is 2.36. The Morgan fingerprint density at radius 3 is 2.14 bits per heavy atom. The molecule has 116 valence electrons. The van der Waals surface area contributed by atoms with Crippen molar-refractivity contribution in [1.82, 2.24) is 0 Å². The Morgan fingerprint density at radius 2 is 1.64 bits per heavy atom. The van der Waals surface area contributed by atoms with Gasteiger partial charge in [-0.25, -0.2) is 8.42 Å². The second kappa shape index (κ2) is 6.50. The van der Waals surface area contributed by atoms with E-state index in [9.17, 15) is 8.42 Å². The summed E-state index contributed by atoms with van der Waals surface area (Å²) >= 11 is 18.0. The van der Waals surface area contributed by atoms with Crippen LogP contribution in [0.3, 0.4) is 0 Å². The Kier molecular flexibility index (Phi) is 5.07. The van der Waals surface area contributed by atoms with Gasteiger partial charge in [-0.15, -0.1) is 0 Å². The quantitative estimate of drug-likeness (QED) is 0.768. The number of hydrogen-bond acceptors (Lipinski definition) is 2. The van der Waals surface area contributed by atoms with Crippen molar-refractivity contribution in [2.75, 3.05) is 4.72 Å². The van der Waals surface area contributed by atoms with Crippen LogP contribution in [0.1, 0.15) is 12.5 Å². The van der Waals surface area contributed by atoms with Crippen molar-refractivity contribution < 1.29 is 8.42 Å². The van der Waals surface area contributed by atoms with Gasteiger partial charge >= 0.3 is 0 Å². The maximum Gasteiger partial charge on any atom is 0.264 e. The van der Waals surface area contributed by atoms with E-state index in [4.69, 9.17) is 34.8 Å². The van der Waals surface area contributed by atoms with Crippen LogP contribution in [-0.4, -0.2) is 8.42 Å². The predicted molar refractivity (Wildman–Crippen MR) is 93.4 cm³/mol. The number of rotatable bonds is 4. The van der Waals surface area contributed by atoms with E-state index in [1.807, 2.05) is 6.92 Å². The first kappa shape index (κ1) is 17.2. The molecule has 0 spiro atoms. The molecule has 0 heterocycles. The van der Waals surface area contributed by atoms with Crippen LogP contribution in [0.4, 0.5) is 5.69 Å². The van der Waals surface area contributed by atoms with Gasteiger partial charge in [0, 0.05) is 0 Å². The van der Waals surface area contributed by atoms with Crippen LogP contribution in [0, 0.1) is 0 Å². The lowest BCUT2D eigenvalue weighted by atomic mass is 10.1. The molecule has 0 amide bonds. The maximum absolute atomic E-state index is 12.4. The molecule has 7 heteroatoms. The fraction of sp³-hybridized carbons (Fsp3) is 0.0667. The zero-order valence-electron chi connectivity index (χ0n) is 11.5. The van der Waals surface area contributed by atoms with Gasteiger partial charge in [-0.1, -0.05) is 53.5 Å². The summed E-state index contributed by atoms with van der Waals surface area (Å²) in [6.07, 6.45) is 0. The highest BCUT2D eigenvalue weighted by Crippen LogP contribution is 2.32. The number of anilines is 1. The van der Waals surface area contributed by atoms with Gasteiger partial charge in [-0.3, -0.25) is 4.72 Å². The van der Waals surface area contributed by atoms with Crippen LogP contribution in [0.25, 0.3) is 5.57 Å². The molecule has 1 N–H and O–H groups in total. The summed E-state index contributed by atoms with van der Waals surface area (Å²) in [6.45, 7) is 5.62. The van der Waals surface area contributed by atoms with E-state index in [0.717, 1.165) is 11.1 Å². The number of hydrogen-bond donors (Lipinski definition) is 1. The van der Waals surface area contributed by atoms with E-state index >= 15 is 0 Å².